The second-order valence-electron chi connectivity index (χ2n) is 9.54. The fraction of sp³-hybridized carbons (Fsp3) is 0.367. The molecule has 1 saturated heterocycles. The Morgan fingerprint density at radius 3 is 2.64 bits per heavy atom. The van der Waals surface area contributed by atoms with Gasteiger partial charge in [-0.05, 0) is 61.9 Å². The number of hydrogen-bond acceptors (Lipinski definition) is 6. The van der Waals surface area contributed by atoms with Gasteiger partial charge in [0.25, 0.3) is 0 Å². The molecule has 6 nitrogen and oxygen atoms in total. The van der Waals surface area contributed by atoms with Crippen molar-refractivity contribution in [3.8, 4) is 11.1 Å². The van der Waals surface area contributed by atoms with E-state index < -0.39 is 0 Å². The maximum atomic E-state index is 11.1. The number of hydrazine groups is 1. The summed E-state index contributed by atoms with van der Waals surface area (Å²) in [6, 6.07) is 12.5. The van der Waals surface area contributed by atoms with E-state index in [0.717, 1.165) is 79.6 Å². The molecule has 36 heavy (non-hydrogen) atoms. The molecule has 1 fully saturated rings. The third kappa shape index (κ3) is 6.25. The molecule has 0 amide bonds. The van der Waals surface area contributed by atoms with Crippen LogP contribution in [0.15, 0.2) is 71.9 Å². The lowest BCUT2D eigenvalue weighted by Gasteiger charge is -2.32. The highest BCUT2D eigenvalue weighted by Crippen LogP contribution is 2.35. The van der Waals surface area contributed by atoms with Gasteiger partial charge < -0.3 is 9.69 Å². The van der Waals surface area contributed by atoms with Crippen LogP contribution in [0.25, 0.3) is 16.7 Å². The summed E-state index contributed by atoms with van der Waals surface area (Å²) in [6.07, 6.45) is 17.4. The minimum atomic E-state index is 0.237. The van der Waals surface area contributed by atoms with Gasteiger partial charge in [0.1, 0.15) is 6.29 Å². The quantitative estimate of drug-likeness (QED) is 0.228. The van der Waals surface area contributed by atoms with Crippen molar-refractivity contribution in [2.45, 2.75) is 32.6 Å². The van der Waals surface area contributed by atoms with E-state index in [1.54, 1.807) is 12.1 Å². The van der Waals surface area contributed by atoms with Gasteiger partial charge in [0.05, 0.1) is 5.69 Å². The number of allylic oxidation sites excluding steroid dienone is 4. The molecule has 188 valence electrons. The lowest BCUT2D eigenvalue weighted by atomic mass is 9.90. The fourth-order valence-electron chi connectivity index (χ4n) is 4.89. The lowest BCUT2D eigenvalue weighted by molar-refractivity contribution is -0.112. The van der Waals surface area contributed by atoms with E-state index in [2.05, 4.69) is 65.4 Å². The van der Waals surface area contributed by atoms with Gasteiger partial charge in [-0.3, -0.25) is 10.0 Å². The molecule has 0 bridgehead atoms. The van der Waals surface area contributed by atoms with Gasteiger partial charge in [-0.25, -0.2) is 10.8 Å². The number of anilines is 1. The fourth-order valence-corrected chi connectivity index (χ4v) is 4.89. The molecule has 0 spiro atoms. The van der Waals surface area contributed by atoms with Gasteiger partial charge in [0.2, 0.25) is 0 Å². The van der Waals surface area contributed by atoms with E-state index in [0.29, 0.717) is 11.7 Å². The molecule has 2 aliphatic rings. The highest BCUT2D eigenvalue weighted by Gasteiger charge is 2.23. The zero-order chi connectivity index (χ0) is 25.3. The number of carbonyl (C=O) groups is 1. The summed E-state index contributed by atoms with van der Waals surface area (Å²) < 4.78 is 0. The van der Waals surface area contributed by atoms with Gasteiger partial charge in [-0.1, -0.05) is 61.6 Å². The smallest absolute Gasteiger partial charge is 0.156 e. The molecule has 1 unspecified atom stereocenters. The Hall–Kier alpha value is -3.35. The summed E-state index contributed by atoms with van der Waals surface area (Å²) in [5.74, 6) is 7.78. The molecule has 1 atom stereocenters. The van der Waals surface area contributed by atoms with Crippen LogP contribution in [0, 0.1) is 11.8 Å². The number of carbonyl (C=O) groups excluding carboxylic acids is 1. The van der Waals surface area contributed by atoms with Crippen LogP contribution < -0.4 is 10.9 Å². The zero-order valence-electron chi connectivity index (χ0n) is 21.4. The summed E-state index contributed by atoms with van der Waals surface area (Å²) in [6.45, 7) is 5.12. The summed E-state index contributed by atoms with van der Waals surface area (Å²) >= 11 is 0. The van der Waals surface area contributed by atoms with E-state index in [4.69, 9.17) is 10.8 Å². The van der Waals surface area contributed by atoms with Crippen molar-refractivity contribution in [2.24, 2.45) is 22.7 Å². The molecule has 6 heteroatoms. The summed E-state index contributed by atoms with van der Waals surface area (Å²) in [4.78, 5) is 22.9. The molecule has 2 N–H and O–H groups in total. The predicted molar refractivity (Wildman–Crippen MR) is 150 cm³/mol. The normalized spacial score (nSPS) is 19.2. The first-order valence-electron chi connectivity index (χ1n) is 12.9. The Morgan fingerprint density at radius 2 is 2.00 bits per heavy atom. The number of nitrogens with zero attached hydrogens (tertiary/aromatic N) is 4. The number of aldehydes is 1. The minimum absolute atomic E-state index is 0.237. The highest BCUT2D eigenvalue weighted by molar-refractivity contribution is 5.93. The third-order valence-electron chi connectivity index (χ3n) is 6.91. The van der Waals surface area contributed by atoms with Crippen molar-refractivity contribution in [3.63, 3.8) is 0 Å². The van der Waals surface area contributed by atoms with E-state index in [9.17, 15) is 4.79 Å². The van der Waals surface area contributed by atoms with E-state index in [1.165, 1.54) is 0 Å². The van der Waals surface area contributed by atoms with Crippen LogP contribution in [-0.2, 0) is 4.79 Å². The zero-order valence-corrected chi connectivity index (χ0v) is 21.4. The number of benzene rings is 1. The van der Waals surface area contributed by atoms with Crippen molar-refractivity contribution in [1.82, 2.24) is 9.88 Å². The molecule has 0 radical (unpaired) electrons. The molecule has 1 aliphatic carbocycles. The minimum Gasteiger partial charge on any atom is -0.303 e. The molecule has 1 aliphatic heterocycles. The number of piperidine rings is 1. The largest absolute Gasteiger partial charge is 0.303 e. The van der Waals surface area contributed by atoms with E-state index in [1.807, 2.05) is 24.6 Å². The maximum absolute atomic E-state index is 11.1. The SMILES string of the molecule is CC/C=C\N(N)c1nc(C2=CCC(CN3CCC(C=O)CC3)C=C2)c(-c2ccccc2)cc1C=NC. The number of aromatic nitrogens is 1. The van der Waals surface area contributed by atoms with Gasteiger partial charge in [-0.2, -0.15) is 0 Å². The van der Waals surface area contributed by atoms with Crippen molar-refractivity contribution in [3.05, 3.63) is 78.2 Å². The van der Waals surface area contributed by atoms with Crippen LogP contribution >= 0.6 is 0 Å². The number of likely N-dealkylation sites (tertiary alicyclic amines) is 1. The lowest BCUT2D eigenvalue weighted by Crippen LogP contribution is -2.37. The number of aliphatic imine (C=N–C) groups is 1. The van der Waals surface area contributed by atoms with Gasteiger partial charge >= 0.3 is 0 Å². The van der Waals surface area contributed by atoms with E-state index in [-0.39, 0.29) is 5.92 Å². The Balaban J connectivity index is 1.63. The van der Waals surface area contributed by atoms with Crippen LogP contribution in [0.3, 0.4) is 0 Å². The Morgan fingerprint density at radius 1 is 1.22 bits per heavy atom. The molecular weight excluding hydrogens is 446 g/mol. The van der Waals surface area contributed by atoms with Crippen molar-refractivity contribution in [1.29, 1.82) is 0 Å². The Kier molecular flexibility index (Phi) is 8.98. The number of rotatable bonds is 9. The average Bonchev–Trinajstić information content (AvgIpc) is 2.93. The predicted octanol–water partition coefficient (Wildman–Crippen LogP) is 5.27. The molecule has 2 heterocycles. The maximum Gasteiger partial charge on any atom is 0.156 e. The van der Waals surface area contributed by atoms with Crippen LogP contribution in [-0.4, -0.2) is 49.1 Å². The van der Waals surface area contributed by atoms with Crippen molar-refractivity contribution in [2.75, 3.05) is 31.7 Å². The van der Waals surface area contributed by atoms with Crippen LogP contribution in [0.1, 0.15) is 43.9 Å². The third-order valence-corrected chi connectivity index (χ3v) is 6.91. The highest BCUT2D eigenvalue weighted by atomic mass is 16.1. The molecule has 1 aromatic carbocycles. The first-order valence-corrected chi connectivity index (χ1v) is 12.9. The Bertz CT molecular complexity index is 1140. The van der Waals surface area contributed by atoms with Gasteiger partial charge in [0, 0.05) is 43.1 Å². The monoisotopic (exact) mass is 483 g/mol. The average molecular weight is 484 g/mol. The van der Waals surface area contributed by atoms with Gasteiger partial charge in [-0.15, -0.1) is 0 Å². The summed E-state index contributed by atoms with van der Waals surface area (Å²) in [5.41, 5.74) is 5.08. The van der Waals surface area contributed by atoms with E-state index >= 15 is 0 Å². The van der Waals surface area contributed by atoms with Crippen LogP contribution in [0.2, 0.25) is 0 Å². The molecule has 1 aromatic heterocycles. The van der Waals surface area contributed by atoms with Gasteiger partial charge in [0.15, 0.2) is 5.82 Å². The molecule has 4 rings (SSSR count). The van der Waals surface area contributed by atoms with Crippen LogP contribution in [0.4, 0.5) is 5.82 Å². The second kappa shape index (κ2) is 12.6. The second-order valence-corrected chi connectivity index (χ2v) is 9.54. The summed E-state index contributed by atoms with van der Waals surface area (Å²) in [7, 11) is 1.76. The topological polar surface area (TPSA) is 74.8 Å². The number of pyridine rings is 1. The first-order chi connectivity index (χ1) is 17.6. The van der Waals surface area contributed by atoms with Crippen LogP contribution in [0.5, 0.6) is 0 Å². The van der Waals surface area contributed by atoms with Crippen molar-refractivity contribution < 1.29 is 4.79 Å². The van der Waals surface area contributed by atoms with Crippen molar-refractivity contribution >= 4 is 23.9 Å². The molecular formula is C30H37N5O. The number of hydrogen-bond donors (Lipinski definition) is 1. The molecule has 0 saturated carbocycles. The first kappa shape index (κ1) is 25.7. The Labute approximate surface area is 214 Å². The standard InChI is InChI=1S/C30H37N5O/c1-3-4-16-35(31)30-27(20-32-2)19-28(25-8-6-5-7-9-25)29(33-30)26-12-10-23(11-13-26)21-34-17-14-24(22-36)15-18-34/h4-10,12-13,16,19-20,22-24H,3,11,14-15,17-18,21,31H2,1-2H3/b16-4-,32-20?. The number of nitrogens with two attached hydrogens (primary N) is 1. The summed E-state index contributed by atoms with van der Waals surface area (Å²) in [5, 5.41) is 1.58. The molecule has 2 aromatic rings.